The Morgan fingerprint density at radius 1 is 1.29 bits per heavy atom. The highest BCUT2D eigenvalue weighted by molar-refractivity contribution is 6.06. The van der Waals surface area contributed by atoms with E-state index in [0.29, 0.717) is 5.82 Å². The number of carbonyl (C=O) groups is 1. The minimum atomic E-state index is -0.0851. The van der Waals surface area contributed by atoms with Crippen LogP contribution in [0.15, 0.2) is 24.3 Å². The highest BCUT2D eigenvalue weighted by atomic mass is 16.1. The molecule has 3 N–H and O–H groups in total. The zero-order valence-electron chi connectivity index (χ0n) is 16.5. The molecule has 2 heterocycles. The van der Waals surface area contributed by atoms with Gasteiger partial charge in [0.2, 0.25) is 0 Å². The number of ketones is 1. The molecule has 7 heteroatoms. The fourth-order valence-electron chi connectivity index (χ4n) is 3.53. The third-order valence-electron chi connectivity index (χ3n) is 5.15. The first kappa shape index (κ1) is 21.8. The number of hydrogen-bond acceptors (Lipinski definition) is 6. The number of aromatic nitrogens is 3. The number of imidazole rings is 1. The van der Waals surface area contributed by atoms with E-state index in [2.05, 4.69) is 37.9 Å². The fourth-order valence-corrected chi connectivity index (χ4v) is 3.53. The van der Waals surface area contributed by atoms with Crippen LogP contribution in [-0.4, -0.2) is 58.4 Å². The van der Waals surface area contributed by atoms with Gasteiger partial charge in [-0.3, -0.25) is 4.79 Å². The molecule has 0 aliphatic rings. The topological polar surface area (TPSA) is 89.1 Å². The number of nitrogens with zero attached hydrogens (tertiary/aromatic N) is 4. The van der Waals surface area contributed by atoms with Gasteiger partial charge in [0.05, 0.1) is 17.1 Å². The van der Waals surface area contributed by atoms with Gasteiger partial charge in [-0.2, -0.15) is 0 Å². The van der Waals surface area contributed by atoms with Crippen molar-refractivity contribution in [2.75, 3.05) is 32.9 Å². The van der Waals surface area contributed by atoms with Gasteiger partial charge in [-0.05, 0) is 47.0 Å². The lowest BCUT2D eigenvalue weighted by atomic mass is 10.1. The van der Waals surface area contributed by atoms with Crippen LogP contribution in [0.5, 0.6) is 0 Å². The summed E-state index contributed by atoms with van der Waals surface area (Å²) in [7, 11) is 3.91. The largest absolute Gasteiger partial charge is 0.382 e. The molecule has 3 aromatic rings. The molecule has 0 saturated heterocycles. The molecular weight excluding hydrogens is 352 g/mol. The Kier molecular flexibility index (Phi) is 7.10. The molecule has 1 unspecified atom stereocenters. The summed E-state index contributed by atoms with van der Waals surface area (Å²) in [5, 5.41) is 4.14. The number of aryl methyl sites for hydroxylation is 1. The normalized spacial score (nSPS) is 12.5. The molecule has 0 amide bonds. The van der Waals surface area contributed by atoms with Crippen molar-refractivity contribution in [3.8, 4) is 0 Å². The molecule has 0 spiro atoms. The molecule has 0 radical (unpaired) electrons. The molecule has 1 atom stereocenters. The van der Waals surface area contributed by atoms with Crippen LogP contribution in [0.1, 0.15) is 26.6 Å². The van der Waals surface area contributed by atoms with E-state index in [4.69, 9.17) is 5.73 Å². The standard InChI is InChI=1S/C20H28N6O.CH4/c1-13(27)16(22-3)9-10-25(4)11-12-26-14(2)23-18-19(26)15-7-5-6-8-17(15)24-20(18)21;/h5-8,16,22H,9-12H2,1-4H3,(H2,21,24);1H4. The van der Waals surface area contributed by atoms with E-state index < -0.39 is 0 Å². The first-order valence-corrected chi connectivity index (χ1v) is 9.29. The first-order chi connectivity index (χ1) is 12.9. The van der Waals surface area contributed by atoms with E-state index in [1.54, 1.807) is 6.92 Å². The lowest BCUT2D eigenvalue weighted by molar-refractivity contribution is -0.119. The van der Waals surface area contributed by atoms with Gasteiger partial charge >= 0.3 is 0 Å². The van der Waals surface area contributed by atoms with Gasteiger partial charge in [0.1, 0.15) is 17.1 Å². The second kappa shape index (κ2) is 9.12. The summed E-state index contributed by atoms with van der Waals surface area (Å²) in [6.45, 7) is 6.14. The number of nitrogens with two attached hydrogens (primary N) is 1. The lowest BCUT2D eigenvalue weighted by Crippen LogP contribution is -2.36. The number of pyridine rings is 1. The molecule has 0 saturated carbocycles. The van der Waals surface area contributed by atoms with Gasteiger partial charge in [-0.1, -0.05) is 25.6 Å². The number of nitrogens with one attached hydrogen (secondary N) is 1. The van der Waals surface area contributed by atoms with Crippen molar-refractivity contribution in [3.63, 3.8) is 0 Å². The van der Waals surface area contributed by atoms with Crippen molar-refractivity contribution in [2.45, 2.75) is 40.3 Å². The summed E-state index contributed by atoms with van der Waals surface area (Å²) in [4.78, 5) is 22.9. The molecule has 3 rings (SSSR count). The number of nitrogen functional groups attached to an aromatic ring is 1. The van der Waals surface area contributed by atoms with E-state index in [-0.39, 0.29) is 19.3 Å². The van der Waals surface area contributed by atoms with Crippen molar-refractivity contribution < 1.29 is 4.79 Å². The van der Waals surface area contributed by atoms with Crippen LogP contribution < -0.4 is 11.1 Å². The molecular formula is C21H32N6O. The number of rotatable bonds is 8. The molecule has 2 aromatic heterocycles. The SMILES string of the molecule is C.CNC(CCN(C)CCn1c(C)nc2c(N)nc3ccccc3c21)C(C)=O. The quantitative estimate of drug-likeness (QED) is 0.621. The Hall–Kier alpha value is -2.51. The van der Waals surface area contributed by atoms with Crippen LogP contribution in [0.4, 0.5) is 5.82 Å². The molecule has 0 aliphatic carbocycles. The van der Waals surface area contributed by atoms with Crippen LogP contribution in [0.2, 0.25) is 0 Å². The van der Waals surface area contributed by atoms with Gasteiger partial charge in [0.25, 0.3) is 0 Å². The fraction of sp³-hybridized carbons (Fsp3) is 0.476. The number of fused-ring (bicyclic) bond motifs is 3. The predicted molar refractivity (Wildman–Crippen MR) is 117 cm³/mol. The van der Waals surface area contributed by atoms with Crippen LogP contribution in [0.3, 0.4) is 0 Å². The maximum absolute atomic E-state index is 11.6. The lowest BCUT2D eigenvalue weighted by Gasteiger charge is -2.20. The third kappa shape index (κ3) is 4.31. The number of carbonyl (C=O) groups excluding carboxylic acids is 1. The highest BCUT2D eigenvalue weighted by Crippen LogP contribution is 2.28. The first-order valence-electron chi connectivity index (χ1n) is 9.29. The average Bonchev–Trinajstić information content (AvgIpc) is 2.97. The zero-order chi connectivity index (χ0) is 19.6. The molecule has 0 bridgehead atoms. The van der Waals surface area contributed by atoms with Crippen LogP contribution in [0.25, 0.3) is 21.9 Å². The van der Waals surface area contributed by atoms with E-state index in [9.17, 15) is 4.79 Å². The van der Waals surface area contributed by atoms with Crippen molar-refractivity contribution in [1.82, 2.24) is 24.8 Å². The minimum absolute atomic E-state index is 0. The van der Waals surface area contributed by atoms with Gasteiger partial charge < -0.3 is 20.5 Å². The molecule has 28 heavy (non-hydrogen) atoms. The summed E-state index contributed by atoms with van der Waals surface area (Å²) in [5.41, 5.74) is 8.84. The van der Waals surface area contributed by atoms with Crippen LogP contribution in [-0.2, 0) is 11.3 Å². The van der Waals surface area contributed by atoms with E-state index in [1.807, 2.05) is 32.2 Å². The number of benzene rings is 1. The van der Waals surface area contributed by atoms with Crippen molar-refractivity contribution in [3.05, 3.63) is 30.1 Å². The molecule has 152 valence electrons. The van der Waals surface area contributed by atoms with Gasteiger partial charge in [-0.25, -0.2) is 9.97 Å². The average molecular weight is 385 g/mol. The number of Topliss-reactive ketones (excluding diaryl/α,β-unsaturated/α-hetero) is 1. The van der Waals surface area contributed by atoms with Crippen LogP contribution >= 0.6 is 0 Å². The second-order valence-corrected chi connectivity index (χ2v) is 7.07. The van der Waals surface area contributed by atoms with E-state index in [0.717, 1.165) is 53.8 Å². The van der Waals surface area contributed by atoms with Crippen LogP contribution in [0, 0.1) is 6.92 Å². The summed E-state index contributed by atoms with van der Waals surface area (Å²) in [5.74, 6) is 1.58. The smallest absolute Gasteiger partial charge is 0.152 e. The van der Waals surface area contributed by atoms with Gasteiger partial charge in [-0.15, -0.1) is 0 Å². The van der Waals surface area contributed by atoms with Gasteiger partial charge in [0.15, 0.2) is 5.82 Å². The Bertz CT molecular complexity index is 964. The zero-order valence-corrected chi connectivity index (χ0v) is 16.5. The molecule has 0 fully saturated rings. The summed E-state index contributed by atoms with van der Waals surface area (Å²) in [6.07, 6.45) is 0.797. The number of likely N-dealkylation sites (N-methyl/N-ethyl adjacent to an activating group) is 2. The van der Waals surface area contributed by atoms with Crippen molar-refractivity contribution in [2.24, 2.45) is 0 Å². The Labute approximate surface area is 166 Å². The molecule has 7 nitrogen and oxygen atoms in total. The summed E-state index contributed by atoms with van der Waals surface area (Å²) >= 11 is 0. The Morgan fingerprint density at radius 3 is 2.68 bits per heavy atom. The van der Waals surface area contributed by atoms with E-state index in [1.165, 1.54) is 0 Å². The highest BCUT2D eigenvalue weighted by Gasteiger charge is 2.16. The molecule has 0 aliphatic heterocycles. The number of anilines is 1. The second-order valence-electron chi connectivity index (χ2n) is 7.07. The summed E-state index contributed by atoms with van der Waals surface area (Å²) < 4.78 is 2.22. The number of para-hydroxylation sites is 1. The minimum Gasteiger partial charge on any atom is -0.382 e. The van der Waals surface area contributed by atoms with E-state index >= 15 is 0 Å². The van der Waals surface area contributed by atoms with Crippen molar-refractivity contribution >= 4 is 33.5 Å². The number of hydrogen-bond donors (Lipinski definition) is 2. The van der Waals surface area contributed by atoms with Crippen molar-refractivity contribution in [1.29, 1.82) is 0 Å². The van der Waals surface area contributed by atoms with Gasteiger partial charge in [0, 0.05) is 18.5 Å². The Balaban J connectivity index is 0.00000280. The maximum atomic E-state index is 11.6. The predicted octanol–water partition coefficient (Wildman–Crippen LogP) is 2.61. The molecule has 1 aromatic carbocycles. The monoisotopic (exact) mass is 384 g/mol. The Morgan fingerprint density at radius 2 is 2.00 bits per heavy atom. The third-order valence-corrected chi connectivity index (χ3v) is 5.15. The maximum Gasteiger partial charge on any atom is 0.152 e. The summed E-state index contributed by atoms with van der Waals surface area (Å²) in [6, 6.07) is 7.94.